The highest BCUT2D eigenvalue weighted by molar-refractivity contribution is 5.80. The van der Waals surface area contributed by atoms with Crippen LogP contribution in [0.4, 0.5) is 0 Å². The molecule has 0 aromatic rings. The number of hydrogen-bond acceptors (Lipinski definition) is 5. The van der Waals surface area contributed by atoms with E-state index in [1.165, 1.54) is 96.3 Å². The van der Waals surface area contributed by atoms with E-state index in [9.17, 15) is 9.90 Å². The number of carbonyl (C=O) groups excluding carboxylic acids is 1. The summed E-state index contributed by atoms with van der Waals surface area (Å²) in [5.74, 6) is 0.374. The number of hydrogen-bond donors (Lipinski definition) is 2. The summed E-state index contributed by atoms with van der Waals surface area (Å²) in [6.45, 7) is 6.69. The maximum atomic E-state index is 12.2. The lowest BCUT2D eigenvalue weighted by atomic mass is 10.0. The lowest BCUT2D eigenvalue weighted by Gasteiger charge is -2.35. The molecular formula is C27H54N2O3. The molecule has 32 heavy (non-hydrogen) atoms. The monoisotopic (exact) mass is 454 g/mol. The highest BCUT2D eigenvalue weighted by Gasteiger charge is 2.20. The second-order valence-electron chi connectivity index (χ2n) is 10.0. The number of Topliss-reactive ketones (excluding diaryl/α,β-unsaturated/α-hetero) is 1. The van der Waals surface area contributed by atoms with E-state index in [-0.39, 0.29) is 6.61 Å². The number of rotatable bonds is 22. The first kappa shape index (κ1) is 29.5. The van der Waals surface area contributed by atoms with Gasteiger partial charge in [0.05, 0.1) is 19.3 Å². The van der Waals surface area contributed by atoms with E-state index >= 15 is 0 Å². The minimum atomic E-state index is -0.655. The van der Waals surface area contributed by atoms with Gasteiger partial charge in [0.2, 0.25) is 0 Å². The van der Waals surface area contributed by atoms with Gasteiger partial charge in [0, 0.05) is 39.1 Å². The highest BCUT2D eigenvalue weighted by atomic mass is 16.3. The first-order chi connectivity index (χ1) is 15.7. The van der Waals surface area contributed by atoms with Gasteiger partial charge in [0.15, 0.2) is 0 Å². The summed E-state index contributed by atoms with van der Waals surface area (Å²) in [6.07, 6.45) is 21.8. The molecule has 1 saturated heterocycles. The number of β-amino-alcohol motifs (C(OH)–C–C–N with tert-alkyl or cyclic N) is 1. The van der Waals surface area contributed by atoms with Crippen molar-refractivity contribution in [2.75, 3.05) is 45.9 Å². The number of aliphatic hydroxyl groups excluding tert-OH is 2. The molecule has 1 aliphatic rings. The molecule has 0 bridgehead atoms. The van der Waals surface area contributed by atoms with Gasteiger partial charge < -0.3 is 10.2 Å². The molecule has 1 atom stereocenters. The average molecular weight is 455 g/mol. The molecule has 1 rings (SSSR count). The second kappa shape index (κ2) is 21.1. The van der Waals surface area contributed by atoms with E-state index in [4.69, 9.17) is 5.11 Å². The smallest absolute Gasteiger partial charge is 0.146 e. The highest BCUT2D eigenvalue weighted by Crippen LogP contribution is 2.14. The molecule has 190 valence electrons. The van der Waals surface area contributed by atoms with Crippen molar-refractivity contribution in [2.45, 2.75) is 122 Å². The quantitative estimate of drug-likeness (QED) is 0.221. The summed E-state index contributed by atoms with van der Waals surface area (Å²) in [7, 11) is 0. The van der Waals surface area contributed by atoms with Crippen LogP contribution >= 0.6 is 0 Å². The summed E-state index contributed by atoms with van der Waals surface area (Å²) < 4.78 is 0. The fourth-order valence-electron chi connectivity index (χ4n) is 4.68. The molecular weight excluding hydrogens is 400 g/mol. The Morgan fingerprint density at radius 2 is 1.09 bits per heavy atom. The summed E-state index contributed by atoms with van der Waals surface area (Å²) in [4.78, 5) is 16.6. The molecule has 1 heterocycles. The van der Waals surface area contributed by atoms with Crippen molar-refractivity contribution in [3.8, 4) is 0 Å². The minimum Gasteiger partial charge on any atom is -0.394 e. The van der Waals surface area contributed by atoms with Crippen molar-refractivity contribution in [1.29, 1.82) is 0 Å². The van der Waals surface area contributed by atoms with Crippen LogP contribution in [0.5, 0.6) is 0 Å². The number of unbranched alkanes of at least 4 members (excludes halogenated alkanes) is 15. The topological polar surface area (TPSA) is 64.0 Å². The van der Waals surface area contributed by atoms with E-state index in [0.29, 0.717) is 18.9 Å². The van der Waals surface area contributed by atoms with Crippen LogP contribution in [0.2, 0.25) is 0 Å². The average Bonchev–Trinajstić information content (AvgIpc) is 2.80. The van der Waals surface area contributed by atoms with Gasteiger partial charge in [-0.25, -0.2) is 0 Å². The van der Waals surface area contributed by atoms with Crippen LogP contribution < -0.4 is 0 Å². The molecule has 2 N–H and O–H groups in total. The Hall–Kier alpha value is -0.490. The molecule has 1 aliphatic heterocycles. The molecule has 0 aliphatic carbocycles. The third kappa shape index (κ3) is 17.0. The van der Waals surface area contributed by atoms with Crippen molar-refractivity contribution in [2.24, 2.45) is 0 Å². The maximum Gasteiger partial charge on any atom is 0.146 e. The largest absolute Gasteiger partial charge is 0.394 e. The maximum absolute atomic E-state index is 12.2. The Balaban J connectivity index is 1.81. The molecule has 0 saturated carbocycles. The lowest BCUT2D eigenvalue weighted by Crippen LogP contribution is -2.50. The van der Waals surface area contributed by atoms with Crippen LogP contribution in [0.3, 0.4) is 0 Å². The Morgan fingerprint density at radius 1 is 0.688 bits per heavy atom. The molecule has 5 nitrogen and oxygen atoms in total. The summed E-state index contributed by atoms with van der Waals surface area (Å²) in [5.41, 5.74) is 0. The fraction of sp³-hybridized carbons (Fsp3) is 0.963. The Labute approximate surface area is 198 Å². The van der Waals surface area contributed by atoms with Gasteiger partial charge in [-0.15, -0.1) is 0 Å². The van der Waals surface area contributed by atoms with Gasteiger partial charge in [-0.3, -0.25) is 14.6 Å². The van der Waals surface area contributed by atoms with Crippen molar-refractivity contribution in [3.63, 3.8) is 0 Å². The molecule has 0 aromatic carbocycles. The molecule has 0 amide bonds. The van der Waals surface area contributed by atoms with Crippen LogP contribution in [0, 0.1) is 0 Å². The van der Waals surface area contributed by atoms with Crippen molar-refractivity contribution in [3.05, 3.63) is 0 Å². The lowest BCUT2D eigenvalue weighted by molar-refractivity contribution is -0.120. The SMILES string of the molecule is CCCCCCCCCCCCCCCCCCC(=O)CN1CCN(CC(O)CO)CC1. The van der Waals surface area contributed by atoms with E-state index in [2.05, 4.69) is 16.7 Å². The predicted molar refractivity (Wildman–Crippen MR) is 135 cm³/mol. The zero-order valence-corrected chi connectivity index (χ0v) is 21.2. The van der Waals surface area contributed by atoms with Gasteiger partial charge in [0.25, 0.3) is 0 Å². The number of carbonyl (C=O) groups is 1. The Kier molecular flexibility index (Phi) is 19.5. The minimum absolute atomic E-state index is 0.183. The molecule has 0 aromatic heterocycles. The first-order valence-corrected chi connectivity index (χ1v) is 13.9. The molecule has 0 radical (unpaired) electrons. The Morgan fingerprint density at radius 3 is 1.53 bits per heavy atom. The number of nitrogens with zero attached hydrogens (tertiary/aromatic N) is 2. The third-order valence-electron chi connectivity index (χ3n) is 6.85. The van der Waals surface area contributed by atoms with Crippen LogP contribution in [0.1, 0.15) is 116 Å². The van der Waals surface area contributed by atoms with Crippen LogP contribution in [-0.4, -0.2) is 77.8 Å². The van der Waals surface area contributed by atoms with E-state index in [0.717, 1.165) is 39.0 Å². The number of piperazine rings is 1. The van der Waals surface area contributed by atoms with E-state index < -0.39 is 6.10 Å². The number of aliphatic hydroxyl groups is 2. The molecule has 1 unspecified atom stereocenters. The predicted octanol–water partition coefficient (Wildman–Crippen LogP) is 5.18. The fourth-order valence-corrected chi connectivity index (χ4v) is 4.68. The van der Waals surface area contributed by atoms with Crippen LogP contribution in [0.25, 0.3) is 0 Å². The van der Waals surface area contributed by atoms with Crippen molar-refractivity contribution in [1.82, 2.24) is 9.80 Å². The van der Waals surface area contributed by atoms with Crippen molar-refractivity contribution >= 4 is 5.78 Å². The molecule has 0 spiro atoms. The second-order valence-corrected chi connectivity index (χ2v) is 10.0. The Bertz CT molecular complexity index is 425. The van der Waals surface area contributed by atoms with E-state index in [1.54, 1.807) is 0 Å². The summed E-state index contributed by atoms with van der Waals surface area (Å²) >= 11 is 0. The standard InChI is InChI=1S/C27H54N2O3/c1-2-3-4-5-6-7-8-9-10-11-12-13-14-15-16-17-18-26(31)23-28-19-21-29(22-20-28)24-27(32)25-30/h27,30,32H,2-25H2,1H3. The number of ketones is 1. The van der Waals surface area contributed by atoms with Crippen LogP contribution in [-0.2, 0) is 4.79 Å². The normalized spacial score (nSPS) is 16.5. The summed E-state index contributed by atoms with van der Waals surface area (Å²) in [5, 5.41) is 18.5. The molecule has 1 fully saturated rings. The van der Waals surface area contributed by atoms with E-state index in [1.807, 2.05) is 0 Å². The first-order valence-electron chi connectivity index (χ1n) is 13.9. The zero-order valence-electron chi connectivity index (χ0n) is 21.2. The van der Waals surface area contributed by atoms with Gasteiger partial charge in [-0.05, 0) is 6.42 Å². The van der Waals surface area contributed by atoms with Gasteiger partial charge >= 0.3 is 0 Å². The molecule has 5 heteroatoms. The zero-order chi connectivity index (χ0) is 23.3. The summed E-state index contributed by atoms with van der Waals surface area (Å²) in [6, 6.07) is 0. The third-order valence-corrected chi connectivity index (χ3v) is 6.85. The van der Waals surface area contributed by atoms with Crippen LogP contribution in [0.15, 0.2) is 0 Å². The van der Waals surface area contributed by atoms with Gasteiger partial charge in [-0.2, -0.15) is 0 Å². The van der Waals surface area contributed by atoms with Gasteiger partial charge in [0.1, 0.15) is 5.78 Å². The van der Waals surface area contributed by atoms with Crippen molar-refractivity contribution < 1.29 is 15.0 Å². The van der Waals surface area contributed by atoms with Gasteiger partial charge in [-0.1, -0.05) is 103 Å².